The van der Waals surface area contributed by atoms with E-state index < -0.39 is 0 Å². The van der Waals surface area contributed by atoms with Crippen molar-refractivity contribution in [2.24, 2.45) is 22.5 Å². The maximum absolute atomic E-state index is 5.26. The fourth-order valence-corrected chi connectivity index (χ4v) is 0.574. The Labute approximate surface area is 54.3 Å². The van der Waals surface area contributed by atoms with Gasteiger partial charge in [0.15, 0.2) is 0 Å². The number of hydrogen-bond acceptors (Lipinski definition) is 2. The lowest BCUT2D eigenvalue weighted by Gasteiger charge is -1.95. The van der Waals surface area contributed by atoms with Gasteiger partial charge < -0.3 is 5.73 Å². The molecule has 1 aliphatic carbocycles. The third-order valence-corrected chi connectivity index (χ3v) is 1.36. The van der Waals surface area contributed by atoms with Crippen molar-refractivity contribution in [3.8, 4) is 0 Å². The van der Waals surface area contributed by atoms with Crippen LogP contribution in [0, 0.1) is 5.92 Å². The predicted octanol–water partition coefficient (Wildman–Crippen LogP) is -0.826. The van der Waals surface area contributed by atoms with Gasteiger partial charge in [-0.2, -0.15) is 0 Å². The molecular formula is C5H12N4. The molecule has 5 N–H and O–H groups in total. The first-order valence-corrected chi connectivity index (χ1v) is 3.09. The fourth-order valence-electron chi connectivity index (χ4n) is 0.574. The van der Waals surface area contributed by atoms with E-state index >= 15 is 0 Å². The second-order valence-electron chi connectivity index (χ2n) is 2.31. The van der Waals surface area contributed by atoms with Gasteiger partial charge in [0.05, 0.1) is 0 Å². The molecule has 0 saturated heterocycles. The monoisotopic (exact) mass is 128 g/mol. The zero-order chi connectivity index (χ0) is 6.69. The van der Waals surface area contributed by atoms with Crippen molar-refractivity contribution in [3.63, 3.8) is 0 Å². The van der Waals surface area contributed by atoms with Crippen LogP contribution in [0.15, 0.2) is 4.99 Å². The summed E-state index contributed by atoms with van der Waals surface area (Å²) in [6.07, 6.45) is 2.59. The van der Waals surface area contributed by atoms with Crippen molar-refractivity contribution in [2.75, 3.05) is 6.54 Å². The molecule has 0 aromatic rings. The topological polar surface area (TPSA) is 76.4 Å². The highest BCUT2D eigenvalue weighted by Gasteiger charge is 2.20. The number of hydrazine groups is 1. The van der Waals surface area contributed by atoms with Crippen molar-refractivity contribution in [1.29, 1.82) is 0 Å². The second-order valence-corrected chi connectivity index (χ2v) is 2.31. The van der Waals surface area contributed by atoms with E-state index in [-0.39, 0.29) is 0 Å². The molecule has 0 atom stereocenters. The van der Waals surface area contributed by atoms with Crippen LogP contribution in [0.3, 0.4) is 0 Å². The van der Waals surface area contributed by atoms with Gasteiger partial charge in [0.25, 0.3) is 0 Å². The Balaban J connectivity index is 2.12. The van der Waals surface area contributed by atoms with E-state index in [0.29, 0.717) is 5.96 Å². The van der Waals surface area contributed by atoms with Crippen LogP contribution < -0.4 is 17.0 Å². The Hall–Kier alpha value is -0.770. The first kappa shape index (κ1) is 6.35. The van der Waals surface area contributed by atoms with E-state index in [1.54, 1.807) is 0 Å². The third kappa shape index (κ3) is 2.32. The molecule has 0 radical (unpaired) electrons. The van der Waals surface area contributed by atoms with Crippen molar-refractivity contribution in [2.45, 2.75) is 12.8 Å². The Kier molecular flexibility index (Phi) is 1.89. The summed E-state index contributed by atoms with van der Waals surface area (Å²) in [5.41, 5.74) is 7.54. The number of nitrogens with one attached hydrogen (secondary N) is 1. The molecule has 0 aromatic heterocycles. The van der Waals surface area contributed by atoms with Gasteiger partial charge >= 0.3 is 0 Å². The number of rotatable bonds is 2. The summed E-state index contributed by atoms with van der Waals surface area (Å²) in [5.74, 6) is 6.08. The third-order valence-electron chi connectivity index (χ3n) is 1.36. The van der Waals surface area contributed by atoms with Gasteiger partial charge in [0.2, 0.25) is 5.96 Å². The van der Waals surface area contributed by atoms with Gasteiger partial charge in [-0.25, -0.2) is 5.84 Å². The van der Waals surface area contributed by atoms with Crippen LogP contribution >= 0.6 is 0 Å². The number of hydrogen-bond donors (Lipinski definition) is 3. The predicted molar refractivity (Wildman–Crippen MR) is 36.5 cm³/mol. The Morgan fingerprint density at radius 2 is 2.33 bits per heavy atom. The van der Waals surface area contributed by atoms with Gasteiger partial charge in [-0.05, 0) is 18.8 Å². The number of guanidine groups is 1. The van der Waals surface area contributed by atoms with Gasteiger partial charge in [-0.1, -0.05) is 0 Å². The van der Waals surface area contributed by atoms with E-state index in [9.17, 15) is 0 Å². The minimum Gasteiger partial charge on any atom is -0.369 e. The average molecular weight is 128 g/mol. The lowest BCUT2D eigenvalue weighted by Crippen LogP contribution is -2.37. The van der Waals surface area contributed by atoms with E-state index in [1.165, 1.54) is 12.8 Å². The normalized spacial score (nSPS) is 19.9. The lowest BCUT2D eigenvalue weighted by atomic mass is 10.4. The van der Waals surface area contributed by atoms with Gasteiger partial charge in [0, 0.05) is 6.54 Å². The van der Waals surface area contributed by atoms with Crippen molar-refractivity contribution in [1.82, 2.24) is 5.43 Å². The minimum absolute atomic E-state index is 0.335. The summed E-state index contributed by atoms with van der Waals surface area (Å²) in [5, 5.41) is 0. The van der Waals surface area contributed by atoms with Crippen LogP contribution in [0.4, 0.5) is 0 Å². The SMILES string of the molecule is NNC(N)=NCC1CC1. The molecule has 1 fully saturated rings. The van der Waals surface area contributed by atoms with E-state index in [2.05, 4.69) is 10.4 Å². The average Bonchev–Trinajstić information content (AvgIpc) is 2.65. The molecule has 0 aliphatic heterocycles. The Morgan fingerprint density at radius 3 is 2.78 bits per heavy atom. The molecule has 0 bridgehead atoms. The summed E-state index contributed by atoms with van der Waals surface area (Å²) in [6.45, 7) is 0.829. The Morgan fingerprint density at radius 1 is 1.67 bits per heavy atom. The second kappa shape index (κ2) is 2.68. The molecule has 1 saturated carbocycles. The lowest BCUT2D eigenvalue weighted by molar-refractivity contribution is 0.832. The summed E-state index contributed by atoms with van der Waals surface area (Å²) in [6, 6.07) is 0. The summed E-state index contributed by atoms with van der Waals surface area (Å²) < 4.78 is 0. The van der Waals surface area contributed by atoms with Crippen LogP contribution in [-0.4, -0.2) is 12.5 Å². The molecule has 1 rings (SSSR count). The molecule has 0 heterocycles. The smallest absolute Gasteiger partial charge is 0.203 e. The standard InChI is InChI=1S/C5H12N4/c6-5(9-7)8-3-4-1-2-4/h4H,1-3,7H2,(H3,6,8,9). The summed E-state index contributed by atoms with van der Waals surface area (Å²) in [7, 11) is 0. The first-order valence-electron chi connectivity index (χ1n) is 3.09. The number of nitrogens with zero attached hydrogens (tertiary/aromatic N) is 1. The number of aliphatic imine (C=N–C) groups is 1. The van der Waals surface area contributed by atoms with Crippen LogP contribution in [0.5, 0.6) is 0 Å². The number of nitrogens with two attached hydrogens (primary N) is 2. The van der Waals surface area contributed by atoms with Crippen molar-refractivity contribution in [3.05, 3.63) is 0 Å². The van der Waals surface area contributed by atoms with Crippen LogP contribution in [0.1, 0.15) is 12.8 Å². The molecule has 0 unspecified atom stereocenters. The zero-order valence-electron chi connectivity index (χ0n) is 5.30. The van der Waals surface area contributed by atoms with E-state index in [4.69, 9.17) is 11.6 Å². The minimum atomic E-state index is 0.335. The summed E-state index contributed by atoms with van der Waals surface area (Å²) in [4.78, 5) is 3.96. The van der Waals surface area contributed by atoms with Crippen molar-refractivity contribution < 1.29 is 0 Å². The van der Waals surface area contributed by atoms with Gasteiger partial charge in [-0.15, -0.1) is 0 Å². The fraction of sp³-hybridized carbons (Fsp3) is 0.800. The molecule has 0 aromatic carbocycles. The quantitative estimate of drug-likeness (QED) is 0.197. The highest BCUT2D eigenvalue weighted by atomic mass is 15.3. The Bertz CT molecular complexity index is 116. The molecular weight excluding hydrogens is 116 g/mol. The van der Waals surface area contributed by atoms with Crippen molar-refractivity contribution >= 4 is 5.96 Å². The molecule has 4 heteroatoms. The maximum Gasteiger partial charge on any atom is 0.203 e. The molecule has 1 aliphatic rings. The zero-order valence-corrected chi connectivity index (χ0v) is 5.30. The first-order chi connectivity index (χ1) is 4.33. The van der Waals surface area contributed by atoms with E-state index in [1.807, 2.05) is 0 Å². The largest absolute Gasteiger partial charge is 0.369 e. The van der Waals surface area contributed by atoms with E-state index in [0.717, 1.165) is 12.5 Å². The molecule has 4 nitrogen and oxygen atoms in total. The highest BCUT2D eigenvalue weighted by Crippen LogP contribution is 2.28. The highest BCUT2D eigenvalue weighted by molar-refractivity contribution is 5.77. The van der Waals surface area contributed by atoms with Gasteiger partial charge in [-0.3, -0.25) is 10.4 Å². The molecule has 52 valence electrons. The maximum atomic E-state index is 5.26. The van der Waals surface area contributed by atoms with Crippen LogP contribution in [0.25, 0.3) is 0 Å². The molecule has 0 spiro atoms. The molecule has 0 amide bonds. The van der Waals surface area contributed by atoms with Crippen LogP contribution in [-0.2, 0) is 0 Å². The summed E-state index contributed by atoms with van der Waals surface area (Å²) >= 11 is 0. The van der Waals surface area contributed by atoms with Crippen LogP contribution in [0.2, 0.25) is 0 Å². The molecule has 9 heavy (non-hydrogen) atoms. The van der Waals surface area contributed by atoms with Gasteiger partial charge in [0.1, 0.15) is 0 Å².